The van der Waals surface area contributed by atoms with Crippen LogP contribution in [0.3, 0.4) is 0 Å². The summed E-state index contributed by atoms with van der Waals surface area (Å²) >= 11 is 0. The number of hydrogen-bond donors (Lipinski definition) is 1. The van der Waals surface area contributed by atoms with Crippen LogP contribution in [0.1, 0.15) is 58.3 Å². The van der Waals surface area contributed by atoms with Crippen LogP contribution >= 0.6 is 0 Å². The zero-order valence-electron chi connectivity index (χ0n) is 10.1. The number of hydrogen-bond acceptors (Lipinski definition) is 2. The van der Waals surface area contributed by atoms with E-state index in [-0.39, 0.29) is 5.41 Å². The van der Waals surface area contributed by atoms with Crippen LogP contribution in [0.25, 0.3) is 0 Å². The number of ether oxygens (including phenoxy) is 1. The maximum absolute atomic E-state index is 9.46. The summed E-state index contributed by atoms with van der Waals surface area (Å²) in [6.07, 6.45) is 9.98. The van der Waals surface area contributed by atoms with Crippen molar-refractivity contribution in [2.75, 3.05) is 19.8 Å². The Hall–Kier alpha value is -0.0800. The van der Waals surface area contributed by atoms with Crippen molar-refractivity contribution in [1.82, 2.24) is 0 Å². The Morgan fingerprint density at radius 2 is 2.00 bits per heavy atom. The van der Waals surface area contributed by atoms with Crippen LogP contribution in [0.5, 0.6) is 0 Å². The third kappa shape index (κ3) is 4.52. The minimum Gasteiger partial charge on any atom is -0.396 e. The first-order valence-corrected chi connectivity index (χ1v) is 6.51. The Labute approximate surface area is 94.0 Å². The lowest BCUT2D eigenvalue weighted by Crippen LogP contribution is -2.35. The van der Waals surface area contributed by atoms with Gasteiger partial charge in [-0.1, -0.05) is 39.0 Å². The standard InChI is InChI=1S/C13H26O2/c1-2-3-4-5-6-8-13(11-14)9-7-10-15-12-13/h14H,2-12H2,1H3. The van der Waals surface area contributed by atoms with Crippen molar-refractivity contribution in [2.24, 2.45) is 5.41 Å². The molecular weight excluding hydrogens is 188 g/mol. The van der Waals surface area contributed by atoms with E-state index in [4.69, 9.17) is 4.74 Å². The minimum absolute atomic E-state index is 0.102. The van der Waals surface area contributed by atoms with Crippen LogP contribution in [0.2, 0.25) is 0 Å². The Balaban J connectivity index is 2.15. The van der Waals surface area contributed by atoms with Gasteiger partial charge in [0.25, 0.3) is 0 Å². The van der Waals surface area contributed by atoms with Crippen molar-refractivity contribution in [3.05, 3.63) is 0 Å². The summed E-state index contributed by atoms with van der Waals surface area (Å²) in [6, 6.07) is 0. The van der Waals surface area contributed by atoms with E-state index >= 15 is 0 Å². The molecule has 0 aromatic carbocycles. The Morgan fingerprint density at radius 3 is 2.60 bits per heavy atom. The average Bonchev–Trinajstić information content (AvgIpc) is 2.30. The molecule has 0 radical (unpaired) electrons. The summed E-state index contributed by atoms with van der Waals surface area (Å²) in [4.78, 5) is 0. The predicted molar refractivity (Wildman–Crippen MR) is 62.9 cm³/mol. The first-order valence-electron chi connectivity index (χ1n) is 6.51. The molecule has 0 amide bonds. The highest BCUT2D eigenvalue weighted by Crippen LogP contribution is 2.33. The van der Waals surface area contributed by atoms with E-state index in [1.165, 1.54) is 32.1 Å². The quantitative estimate of drug-likeness (QED) is 0.660. The molecular formula is C13H26O2. The van der Waals surface area contributed by atoms with Gasteiger partial charge in [-0.05, 0) is 19.3 Å². The summed E-state index contributed by atoms with van der Waals surface area (Å²) < 4.78 is 5.49. The molecule has 0 bridgehead atoms. The van der Waals surface area contributed by atoms with Crippen LogP contribution < -0.4 is 0 Å². The van der Waals surface area contributed by atoms with Gasteiger partial charge in [0.05, 0.1) is 13.2 Å². The fourth-order valence-electron chi connectivity index (χ4n) is 2.41. The molecule has 1 fully saturated rings. The molecule has 0 aromatic heterocycles. The Bertz CT molecular complexity index is 151. The zero-order valence-corrected chi connectivity index (χ0v) is 10.1. The van der Waals surface area contributed by atoms with Crippen LogP contribution in [0, 0.1) is 5.41 Å². The Morgan fingerprint density at radius 1 is 1.20 bits per heavy atom. The van der Waals surface area contributed by atoms with Gasteiger partial charge in [0.2, 0.25) is 0 Å². The Kier molecular flexibility index (Phi) is 6.26. The normalized spacial score (nSPS) is 26.8. The van der Waals surface area contributed by atoms with Gasteiger partial charge in [-0.25, -0.2) is 0 Å². The van der Waals surface area contributed by atoms with Gasteiger partial charge >= 0.3 is 0 Å². The predicted octanol–water partition coefficient (Wildman–Crippen LogP) is 3.14. The minimum atomic E-state index is 0.102. The highest BCUT2D eigenvalue weighted by molar-refractivity contribution is 4.81. The third-order valence-electron chi connectivity index (χ3n) is 3.55. The van der Waals surface area contributed by atoms with Gasteiger partial charge in [-0.2, -0.15) is 0 Å². The van der Waals surface area contributed by atoms with Crippen molar-refractivity contribution in [3.63, 3.8) is 0 Å². The molecule has 0 saturated carbocycles. The first kappa shape index (κ1) is 13.0. The van der Waals surface area contributed by atoms with Crippen molar-refractivity contribution in [2.45, 2.75) is 58.3 Å². The lowest BCUT2D eigenvalue weighted by molar-refractivity contribution is -0.0440. The van der Waals surface area contributed by atoms with Gasteiger partial charge < -0.3 is 9.84 Å². The lowest BCUT2D eigenvalue weighted by atomic mass is 9.79. The number of rotatable bonds is 7. The van der Waals surface area contributed by atoms with Crippen molar-refractivity contribution < 1.29 is 9.84 Å². The highest BCUT2D eigenvalue weighted by atomic mass is 16.5. The van der Waals surface area contributed by atoms with Crippen molar-refractivity contribution >= 4 is 0 Å². The van der Waals surface area contributed by atoms with Gasteiger partial charge in [-0.3, -0.25) is 0 Å². The van der Waals surface area contributed by atoms with Crippen LogP contribution in [0.4, 0.5) is 0 Å². The summed E-state index contributed by atoms with van der Waals surface area (Å²) in [7, 11) is 0. The fraction of sp³-hybridized carbons (Fsp3) is 1.00. The number of aliphatic hydroxyl groups excluding tert-OH is 1. The van der Waals surface area contributed by atoms with Crippen molar-refractivity contribution in [1.29, 1.82) is 0 Å². The molecule has 15 heavy (non-hydrogen) atoms. The van der Waals surface area contributed by atoms with Gasteiger partial charge in [0, 0.05) is 12.0 Å². The molecule has 2 nitrogen and oxygen atoms in total. The molecule has 1 rings (SSSR count). The van der Waals surface area contributed by atoms with Crippen LogP contribution in [-0.2, 0) is 4.74 Å². The summed E-state index contributed by atoms with van der Waals surface area (Å²) in [5.74, 6) is 0. The van der Waals surface area contributed by atoms with E-state index in [2.05, 4.69) is 6.92 Å². The van der Waals surface area contributed by atoms with E-state index in [0.717, 1.165) is 32.5 Å². The molecule has 1 unspecified atom stereocenters. The average molecular weight is 214 g/mol. The SMILES string of the molecule is CCCCCCCC1(CO)CCCOC1. The number of aliphatic hydroxyl groups is 1. The summed E-state index contributed by atoms with van der Waals surface area (Å²) in [5.41, 5.74) is 0.102. The largest absolute Gasteiger partial charge is 0.396 e. The summed E-state index contributed by atoms with van der Waals surface area (Å²) in [6.45, 7) is 4.21. The molecule has 1 heterocycles. The maximum atomic E-state index is 9.46. The van der Waals surface area contributed by atoms with Crippen molar-refractivity contribution in [3.8, 4) is 0 Å². The van der Waals surface area contributed by atoms with Gasteiger partial charge in [0.1, 0.15) is 0 Å². The second kappa shape index (κ2) is 7.24. The van der Waals surface area contributed by atoms with E-state index in [1.54, 1.807) is 0 Å². The number of unbranched alkanes of at least 4 members (excludes halogenated alkanes) is 4. The zero-order chi connectivity index (χ0) is 11.0. The van der Waals surface area contributed by atoms with Gasteiger partial charge in [-0.15, -0.1) is 0 Å². The van der Waals surface area contributed by atoms with Gasteiger partial charge in [0.15, 0.2) is 0 Å². The second-order valence-electron chi connectivity index (χ2n) is 4.98. The monoisotopic (exact) mass is 214 g/mol. The van der Waals surface area contributed by atoms with E-state index in [1.807, 2.05) is 0 Å². The lowest BCUT2D eigenvalue weighted by Gasteiger charge is -2.35. The molecule has 0 aromatic rings. The smallest absolute Gasteiger partial charge is 0.0544 e. The van der Waals surface area contributed by atoms with E-state index in [0.29, 0.717) is 6.61 Å². The highest BCUT2D eigenvalue weighted by Gasteiger charge is 2.31. The summed E-state index contributed by atoms with van der Waals surface area (Å²) in [5, 5.41) is 9.46. The van der Waals surface area contributed by atoms with Crippen LogP contribution in [0.15, 0.2) is 0 Å². The molecule has 1 N–H and O–H groups in total. The second-order valence-corrected chi connectivity index (χ2v) is 4.98. The molecule has 90 valence electrons. The topological polar surface area (TPSA) is 29.5 Å². The van der Waals surface area contributed by atoms with E-state index < -0.39 is 0 Å². The fourth-order valence-corrected chi connectivity index (χ4v) is 2.41. The molecule has 2 heteroatoms. The molecule has 1 aliphatic heterocycles. The van der Waals surface area contributed by atoms with Crippen LogP contribution in [-0.4, -0.2) is 24.9 Å². The van der Waals surface area contributed by atoms with E-state index in [9.17, 15) is 5.11 Å². The first-order chi connectivity index (χ1) is 7.33. The molecule has 1 saturated heterocycles. The molecule has 1 aliphatic rings. The molecule has 0 aliphatic carbocycles. The molecule has 0 spiro atoms. The third-order valence-corrected chi connectivity index (χ3v) is 3.55. The molecule has 1 atom stereocenters. The maximum Gasteiger partial charge on any atom is 0.0544 e.